The lowest BCUT2D eigenvalue weighted by molar-refractivity contribution is -0.130. The number of furan rings is 1. The molecule has 106 valence electrons. The van der Waals surface area contributed by atoms with Gasteiger partial charge in [-0.15, -0.1) is 0 Å². The van der Waals surface area contributed by atoms with Gasteiger partial charge in [0, 0.05) is 24.0 Å². The van der Waals surface area contributed by atoms with Gasteiger partial charge in [-0.1, -0.05) is 0 Å². The Kier molecular flexibility index (Phi) is 3.51. The Hall–Kier alpha value is -1.77. The number of benzene rings is 1. The topological polar surface area (TPSA) is 33.5 Å². The molecule has 3 nitrogen and oxygen atoms in total. The van der Waals surface area contributed by atoms with Crippen LogP contribution in [0.15, 0.2) is 22.8 Å². The molecule has 1 aromatic carbocycles. The third-order valence-electron chi connectivity index (χ3n) is 4.33. The highest BCUT2D eigenvalue weighted by molar-refractivity contribution is 5.88. The van der Waals surface area contributed by atoms with Crippen LogP contribution in [0, 0.1) is 0 Å². The van der Waals surface area contributed by atoms with Crippen molar-refractivity contribution < 1.29 is 9.21 Å². The van der Waals surface area contributed by atoms with Crippen LogP contribution in [-0.4, -0.2) is 23.9 Å². The molecule has 0 fully saturated rings. The molecule has 0 spiro atoms. The van der Waals surface area contributed by atoms with Crippen molar-refractivity contribution in [2.24, 2.45) is 0 Å². The van der Waals surface area contributed by atoms with E-state index in [0.29, 0.717) is 6.42 Å². The number of carbonyl (C=O) groups is 1. The Balaban J connectivity index is 1.91. The number of aryl methyl sites for hydroxylation is 2. The Morgan fingerprint density at radius 3 is 2.60 bits per heavy atom. The zero-order chi connectivity index (χ0) is 14.1. The summed E-state index contributed by atoms with van der Waals surface area (Å²) in [5.41, 5.74) is 4.78. The molecule has 0 bridgehead atoms. The molecule has 0 unspecified atom stereocenters. The molecule has 0 atom stereocenters. The second-order valence-corrected chi connectivity index (χ2v) is 5.47. The van der Waals surface area contributed by atoms with Crippen LogP contribution in [0.3, 0.4) is 0 Å². The summed E-state index contributed by atoms with van der Waals surface area (Å²) in [6.07, 6.45) is 5.73. The summed E-state index contributed by atoms with van der Waals surface area (Å²) in [6, 6.07) is 4.38. The molecule has 3 heteroatoms. The molecule has 1 aromatic heterocycles. The zero-order valence-electron chi connectivity index (χ0n) is 12.2. The Morgan fingerprint density at radius 2 is 1.90 bits per heavy atom. The van der Waals surface area contributed by atoms with Crippen LogP contribution >= 0.6 is 0 Å². The fraction of sp³-hybridized carbons (Fsp3) is 0.471. The van der Waals surface area contributed by atoms with Gasteiger partial charge in [-0.05, 0) is 56.4 Å². The van der Waals surface area contributed by atoms with Gasteiger partial charge in [0.1, 0.15) is 5.58 Å². The molecular formula is C17H21NO2. The molecular weight excluding hydrogens is 250 g/mol. The van der Waals surface area contributed by atoms with Crippen LogP contribution in [0.5, 0.6) is 0 Å². The molecule has 0 aliphatic heterocycles. The van der Waals surface area contributed by atoms with Gasteiger partial charge in [0.25, 0.3) is 0 Å². The average molecular weight is 271 g/mol. The highest BCUT2D eigenvalue weighted by atomic mass is 16.3. The van der Waals surface area contributed by atoms with Crippen molar-refractivity contribution >= 4 is 16.9 Å². The van der Waals surface area contributed by atoms with Crippen molar-refractivity contribution in [3.63, 3.8) is 0 Å². The van der Waals surface area contributed by atoms with E-state index in [2.05, 4.69) is 12.1 Å². The Bertz CT molecular complexity index is 638. The van der Waals surface area contributed by atoms with Crippen LogP contribution in [0.25, 0.3) is 11.0 Å². The van der Waals surface area contributed by atoms with E-state index in [9.17, 15) is 4.79 Å². The van der Waals surface area contributed by atoms with Crippen molar-refractivity contribution in [3.8, 4) is 0 Å². The molecule has 1 heterocycles. The van der Waals surface area contributed by atoms with Crippen LogP contribution in [-0.2, 0) is 24.1 Å². The number of likely N-dealkylation sites (N-methyl/N-ethyl adjacent to an activating group) is 1. The van der Waals surface area contributed by atoms with Gasteiger partial charge >= 0.3 is 0 Å². The maximum absolute atomic E-state index is 12.2. The normalized spacial score (nSPS) is 13.7. The summed E-state index contributed by atoms with van der Waals surface area (Å²) < 4.78 is 5.65. The quantitative estimate of drug-likeness (QED) is 0.854. The maximum Gasteiger partial charge on any atom is 0.227 e. The van der Waals surface area contributed by atoms with Gasteiger partial charge in [-0.3, -0.25) is 4.79 Å². The first-order chi connectivity index (χ1) is 9.72. The van der Waals surface area contributed by atoms with E-state index in [0.717, 1.165) is 42.5 Å². The van der Waals surface area contributed by atoms with Gasteiger partial charge in [0.2, 0.25) is 5.91 Å². The number of nitrogens with zero attached hydrogens (tertiary/aromatic N) is 1. The lowest BCUT2D eigenvalue weighted by Gasteiger charge is -2.18. The minimum Gasteiger partial charge on any atom is -0.464 e. The van der Waals surface area contributed by atoms with Crippen LogP contribution in [0.4, 0.5) is 0 Å². The lowest BCUT2D eigenvalue weighted by atomic mass is 10.0. The van der Waals surface area contributed by atoms with E-state index >= 15 is 0 Å². The molecule has 2 aromatic rings. The predicted octanol–water partition coefficient (Wildman–Crippen LogP) is 3.33. The average Bonchev–Trinajstić information content (AvgIpc) is 3.05. The standard InChI is InChI=1S/C17H21NO2/c1-3-18(4-2)17(19)10-14-11-20-16-9-13-7-5-6-12(13)8-15(14)16/h8-9,11H,3-7,10H2,1-2H3. The maximum atomic E-state index is 12.2. The molecule has 3 rings (SSSR count). The van der Waals surface area contributed by atoms with Crippen molar-refractivity contribution in [1.29, 1.82) is 0 Å². The van der Waals surface area contributed by atoms with Crippen LogP contribution in [0.2, 0.25) is 0 Å². The summed E-state index contributed by atoms with van der Waals surface area (Å²) in [5.74, 6) is 0.179. The fourth-order valence-corrected chi connectivity index (χ4v) is 3.14. The summed E-state index contributed by atoms with van der Waals surface area (Å²) in [5, 5.41) is 1.12. The van der Waals surface area contributed by atoms with Crippen molar-refractivity contribution in [1.82, 2.24) is 4.90 Å². The fourth-order valence-electron chi connectivity index (χ4n) is 3.14. The number of rotatable bonds is 4. The monoisotopic (exact) mass is 271 g/mol. The Morgan fingerprint density at radius 1 is 1.20 bits per heavy atom. The molecule has 0 saturated heterocycles. The number of hydrogen-bond acceptors (Lipinski definition) is 2. The lowest BCUT2D eigenvalue weighted by Crippen LogP contribution is -2.31. The third-order valence-corrected chi connectivity index (χ3v) is 4.33. The Labute approximate surface area is 119 Å². The molecule has 0 N–H and O–H groups in total. The largest absolute Gasteiger partial charge is 0.464 e. The zero-order valence-corrected chi connectivity index (χ0v) is 12.2. The smallest absolute Gasteiger partial charge is 0.227 e. The molecule has 1 aliphatic carbocycles. The van der Waals surface area contributed by atoms with Gasteiger partial charge in [-0.2, -0.15) is 0 Å². The SMILES string of the molecule is CCN(CC)C(=O)Cc1coc2cc3c(cc12)CCC3. The van der Waals surface area contributed by atoms with Gasteiger partial charge < -0.3 is 9.32 Å². The summed E-state index contributed by atoms with van der Waals surface area (Å²) >= 11 is 0. The van der Waals surface area contributed by atoms with E-state index in [1.165, 1.54) is 17.5 Å². The van der Waals surface area contributed by atoms with E-state index in [-0.39, 0.29) is 5.91 Å². The third kappa shape index (κ3) is 2.21. The summed E-state index contributed by atoms with van der Waals surface area (Å²) in [6.45, 7) is 5.56. The van der Waals surface area contributed by atoms with E-state index in [1.54, 1.807) is 6.26 Å². The number of fused-ring (bicyclic) bond motifs is 2. The van der Waals surface area contributed by atoms with Gasteiger partial charge in [0.15, 0.2) is 0 Å². The van der Waals surface area contributed by atoms with Crippen LogP contribution in [0.1, 0.15) is 37.0 Å². The van der Waals surface area contributed by atoms with Crippen molar-refractivity contribution in [2.75, 3.05) is 13.1 Å². The van der Waals surface area contributed by atoms with Crippen molar-refractivity contribution in [2.45, 2.75) is 39.5 Å². The molecule has 20 heavy (non-hydrogen) atoms. The van der Waals surface area contributed by atoms with E-state index in [4.69, 9.17) is 4.42 Å². The number of amides is 1. The second-order valence-electron chi connectivity index (χ2n) is 5.47. The first kappa shape index (κ1) is 13.2. The highest BCUT2D eigenvalue weighted by Crippen LogP contribution is 2.30. The van der Waals surface area contributed by atoms with Gasteiger partial charge in [-0.25, -0.2) is 0 Å². The minimum atomic E-state index is 0.179. The number of hydrogen-bond donors (Lipinski definition) is 0. The highest BCUT2D eigenvalue weighted by Gasteiger charge is 2.18. The summed E-state index contributed by atoms with van der Waals surface area (Å²) in [7, 11) is 0. The van der Waals surface area contributed by atoms with E-state index < -0.39 is 0 Å². The predicted molar refractivity (Wildman–Crippen MR) is 79.9 cm³/mol. The van der Waals surface area contributed by atoms with Gasteiger partial charge in [0.05, 0.1) is 12.7 Å². The second kappa shape index (κ2) is 5.31. The molecule has 0 radical (unpaired) electrons. The molecule has 1 amide bonds. The van der Waals surface area contributed by atoms with Crippen LogP contribution < -0.4 is 0 Å². The molecule has 0 saturated carbocycles. The number of carbonyl (C=O) groups excluding carboxylic acids is 1. The molecule has 1 aliphatic rings. The summed E-state index contributed by atoms with van der Waals surface area (Å²) in [4.78, 5) is 14.1. The van der Waals surface area contributed by atoms with Crippen molar-refractivity contribution in [3.05, 3.63) is 35.1 Å². The van der Waals surface area contributed by atoms with E-state index in [1.807, 2.05) is 18.7 Å². The minimum absolute atomic E-state index is 0.179. The first-order valence-electron chi connectivity index (χ1n) is 7.52. The first-order valence-corrected chi connectivity index (χ1v) is 7.52.